The first-order valence-corrected chi connectivity index (χ1v) is 10.2. The van der Waals surface area contributed by atoms with Gasteiger partial charge in [0.15, 0.2) is 5.11 Å². The summed E-state index contributed by atoms with van der Waals surface area (Å²) in [5, 5.41) is 2.88. The number of benzene rings is 1. The van der Waals surface area contributed by atoms with Crippen LogP contribution in [0.25, 0.3) is 6.08 Å². The van der Waals surface area contributed by atoms with Crippen LogP contribution in [0, 0.1) is 0 Å². The molecular formula is C21H25N3O2S. The molecule has 0 aliphatic carbocycles. The summed E-state index contributed by atoms with van der Waals surface area (Å²) in [4.78, 5) is 29.4. The molecule has 1 aromatic carbocycles. The van der Waals surface area contributed by atoms with Gasteiger partial charge in [-0.25, -0.2) is 0 Å². The van der Waals surface area contributed by atoms with Crippen LogP contribution in [-0.2, 0) is 22.4 Å². The molecule has 2 amide bonds. The summed E-state index contributed by atoms with van der Waals surface area (Å²) in [6.07, 6.45) is 6.93. The standard InChI is InChI=1S/C21H25N3O2S/c1-3-13(2)24-20(26)17(19(25)22-21(24)27)12-14-10-15-6-4-8-23-9-5-7-16(11-14)18(15)23/h10-13H,3-9H2,1-2H3,(H,22,25,27)/t13-/m1/s1. The SMILES string of the molecule is CC[C@@H](C)N1C(=O)C(=Cc2cc3c4c(c2)CCCN4CCC3)C(=O)NC1=S. The number of amides is 2. The third-order valence-electron chi connectivity index (χ3n) is 5.83. The molecule has 1 saturated heterocycles. The van der Waals surface area contributed by atoms with Crippen molar-refractivity contribution in [1.29, 1.82) is 0 Å². The van der Waals surface area contributed by atoms with Crippen LogP contribution in [0.3, 0.4) is 0 Å². The van der Waals surface area contributed by atoms with E-state index >= 15 is 0 Å². The lowest BCUT2D eigenvalue weighted by atomic mass is 9.89. The van der Waals surface area contributed by atoms with Gasteiger partial charge in [0.25, 0.3) is 11.8 Å². The van der Waals surface area contributed by atoms with Crippen LogP contribution < -0.4 is 10.2 Å². The highest BCUT2D eigenvalue weighted by atomic mass is 32.1. The van der Waals surface area contributed by atoms with Gasteiger partial charge in [0, 0.05) is 24.8 Å². The molecule has 0 radical (unpaired) electrons. The molecule has 1 fully saturated rings. The van der Waals surface area contributed by atoms with Gasteiger partial charge in [-0.05, 0) is 86.1 Å². The van der Waals surface area contributed by atoms with Gasteiger partial charge in [-0.3, -0.25) is 19.8 Å². The Kier molecular flexibility index (Phi) is 4.76. The predicted octanol–water partition coefficient (Wildman–Crippen LogP) is 2.81. The third kappa shape index (κ3) is 3.16. The lowest BCUT2D eigenvalue weighted by molar-refractivity contribution is -0.130. The highest BCUT2D eigenvalue weighted by Gasteiger charge is 2.35. The number of hydrogen-bond acceptors (Lipinski definition) is 4. The van der Waals surface area contributed by atoms with E-state index in [1.165, 1.54) is 21.7 Å². The van der Waals surface area contributed by atoms with Crippen molar-refractivity contribution in [2.75, 3.05) is 18.0 Å². The molecule has 1 aromatic rings. The summed E-state index contributed by atoms with van der Waals surface area (Å²) < 4.78 is 0. The molecular weight excluding hydrogens is 358 g/mol. The van der Waals surface area contributed by atoms with E-state index in [-0.39, 0.29) is 22.6 Å². The number of carbonyl (C=O) groups excluding carboxylic acids is 2. The van der Waals surface area contributed by atoms with Gasteiger partial charge in [-0.15, -0.1) is 0 Å². The van der Waals surface area contributed by atoms with E-state index in [9.17, 15) is 9.59 Å². The molecule has 6 heteroatoms. The Morgan fingerprint density at radius 1 is 1.19 bits per heavy atom. The number of nitrogens with zero attached hydrogens (tertiary/aromatic N) is 2. The van der Waals surface area contributed by atoms with Crippen LogP contribution >= 0.6 is 12.2 Å². The smallest absolute Gasteiger partial charge is 0.265 e. The van der Waals surface area contributed by atoms with Crippen molar-refractivity contribution in [2.24, 2.45) is 0 Å². The fraction of sp³-hybridized carbons (Fsp3) is 0.476. The molecule has 142 valence electrons. The average Bonchev–Trinajstić information content (AvgIpc) is 2.65. The fourth-order valence-electron chi connectivity index (χ4n) is 4.33. The van der Waals surface area contributed by atoms with Crippen molar-refractivity contribution in [3.05, 3.63) is 34.4 Å². The number of nitrogens with one attached hydrogen (secondary N) is 1. The van der Waals surface area contributed by atoms with E-state index in [2.05, 4.69) is 22.3 Å². The minimum atomic E-state index is -0.405. The molecule has 3 aliphatic heterocycles. The molecule has 27 heavy (non-hydrogen) atoms. The Hall–Kier alpha value is -2.21. The van der Waals surface area contributed by atoms with Crippen molar-refractivity contribution in [3.8, 4) is 0 Å². The van der Waals surface area contributed by atoms with Gasteiger partial charge in [0.2, 0.25) is 0 Å². The van der Waals surface area contributed by atoms with Gasteiger partial charge in [-0.2, -0.15) is 0 Å². The minimum absolute atomic E-state index is 0.0488. The lowest BCUT2D eigenvalue weighted by Crippen LogP contribution is -2.56. The first kappa shape index (κ1) is 18.2. The summed E-state index contributed by atoms with van der Waals surface area (Å²) in [5.74, 6) is -0.705. The summed E-state index contributed by atoms with van der Waals surface area (Å²) in [5.41, 5.74) is 5.16. The van der Waals surface area contributed by atoms with Crippen LogP contribution in [0.1, 0.15) is 49.8 Å². The maximum atomic E-state index is 13.0. The van der Waals surface area contributed by atoms with Gasteiger partial charge in [0.1, 0.15) is 5.57 Å². The number of aryl methyl sites for hydroxylation is 2. The number of carbonyl (C=O) groups is 2. The molecule has 0 unspecified atom stereocenters. The van der Waals surface area contributed by atoms with Gasteiger partial charge in [0.05, 0.1) is 0 Å². The van der Waals surface area contributed by atoms with E-state index in [1.807, 2.05) is 13.8 Å². The maximum Gasteiger partial charge on any atom is 0.265 e. The maximum absolute atomic E-state index is 13.0. The zero-order chi connectivity index (χ0) is 19.1. The molecule has 0 spiro atoms. The van der Waals surface area contributed by atoms with Crippen LogP contribution in [0.5, 0.6) is 0 Å². The fourth-order valence-corrected chi connectivity index (χ4v) is 4.69. The third-order valence-corrected chi connectivity index (χ3v) is 6.13. The zero-order valence-corrected chi connectivity index (χ0v) is 16.7. The lowest BCUT2D eigenvalue weighted by Gasteiger charge is -2.37. The van der Waals surface area contributed by atoms with Gasteiger partial charge in [-0.1, -0.05) is 6.92 Å². The molecule has 3 heterocycles. The molecule has 0 aromatic heterocycles. The topological polar surface area (TPSA) is 52.7 Å². The molecule has 0 bridgehead atoms. The monoisotopic (exact) mass is 383 g/mol. The van der Waals surface area contributed by atoms with Crippen molar-refractivity contribution in [2.45, 2.75) is 52.0 Å². The number of hydrogen-bond donors (Lipinski definition) is 1. The summed E-state index contributed by atoms with van der Waals surface area (Å²) in [6.45, 7) is 6.20. The van der Waals surface area contributed by atoms with Crippen LogP contribution in [0.2, 0.25) is 0 Å². The Balaban J connectivity index is 1.73. The normalized spacial score (nSPS) is 22.0. The second-order valence-corrected chi connectivity index (χ2v) is 8.02. The largest absolute Gasteiger partial charge is 0.371 e. The molecule has 1 N–H and O–H groups in total. The number of thiocarbonyl (C=S) groups is 1. The van der Waals surface area contributed by atoms with E-state index in [4.69, 9.17) is 12.2 Å². The Labute approximate surface area is 165 Å². The summed E-state index contributed by atoms with van der Waals surface area (Å²) in [7, 11) is 0. The van der Waals surface area contributed by atoms with Crippen LogP contribution in [0.4, 0.5) is 5.69 Å². The van der Waals surface area contributed by atoms with E-state index in [0.29, 0.717) is 0 Å². The first-order valence-electron chi connectivity index (χ1n) is 9.81. The number of anilines is 1. The Morgan fingerprint density at radius 3 is 2.41 bits per heavy atom. The highest BCUT2D eigenvalue weighted by Crippen LogP contribution is 2.36. The van der Waals surface area contributed by atoms with Gasteiger partial charge < -0.3 is 4.90 Å². The van der Waals surface area contributed by atoms with Crippen LogP contribution in [-0.4, -0.2) is 41.0 Å². The second-order valence-electron chi connectivity index (χ2n) is 7.63. The minimum Gasteiger partial charge on any atom is -0.371 e. The number of rotatable bonds is 3. The molecule has 0 saturated carbocycles. The molecule has 3 aliphatic rings. The Morgan fingerprint density at radius 2 is 1.81 bits per heavy atom. The van der Waals surface area contributed by atoms with Crippen molar-refractivity contribution >= 4 is 40.9 Å². The Bertz CT molecular complexity index is 830. The van der Waals surface area contributed by atoms with Crippen molar-refractivity contribution < 1.29 is 9.59 Å². The molecule has 5 nitrogen and oxygen atoms in total. The van der Waals surface area contributed by atoms with Gasteiger partial charge >= 0.3 is 0 Å². The predicted molar refractivity (Wildman–Crippen MR) is 111 cm³/mol. The van der Waals surface area contributed by atoms with Crippen molar-refractivity contribution in [1.82, 2.24) is 10.2 Å². The van der Waals surface area contributed by atoms with Crippen molar-refractivity contribution in [3.63, 3.8) is 0 Å². The van der Waals surface area contributed by atoms with Crippen LogP contribution in [0.15, 0.2) is 17.7 Å². The second kappa shape index (κ2) is 7.08. The van der Waals surface area contributed by atoms with E-state index < -0.39 is 5.91 Å². The first-order chi connectivity index (χ1) is 13.0. The quantitative estimate of drug-likeness (QED) is 0.495. The van der Waals surface area contributed by atoms with E-state index in [1.54, 1.807) is 6.08 Å². The molecule has 1 atom stereocenters. The summed E-state index contributed by atoms with van der Waals surface area (Å²) in [6, 6.07) is 4.24. The highest BCUT2D eigenvalue weighted by molar-refractivity contribution is 7.80. The zero-order valence-electron chi connectivity index (χ0n) is 15.9. The van der Waals surface area contributed by atoms with E-state index in [0.717, 1.165) is 50.8 Å². The summed E-state index contributed by atoms with van der Waals surface area (Å²) >= 11 is 5.22. The average molecular weight is 384 g/mol. The molecule has 4 rings (SSSR count).